The highest BCUT2D eigenvalue weighted by atomic mass is 16.5. The van der Waals surface area contributed by atoms with Crippen LogP contribution in [0.3, 0.4) is 0 Å². The molecule has 72 valence electrons. The van der Waals surface area contributed by atoms with Gasteiger partial charge in [-0.1, -0.05) is 22.3 Å². The minimum absolute atomic E-state index is 0. The molecule has 0 aliphatic rings. The van der Waals surface area contributed by atoms with E-state index in [1.165, 1.54) is 0 Å². The minimum Gasteiger partial charge on any atom is -0.412 e. The van der Waals surface area contributed by atoms with Crippen LogP contribution in [0.4, 0.5) is 0 Å². The Balaban J connectivity index is -0.00000000571. The van der Waals surface area contributed by atoms with Gasteiger partial charge in [-0.15, -0.1) is 0 Å². The van der Waals surface area contributed by atoms with Crippen molar-refractivity contribution in [2.75, 3.05) is 28.4 Å². The number of ether oxygens (including phenoxy) is 2. The molecule has 0 amide bonds. The highest BCUT2D eigenvalue weighted by Gasteiger charge is 1.26. The monoisotopic (exact) mass is 158 g/mol. The Morgan fingerprint density at radius 2 is 0.600 bits per heavy atom. The number of rotatable bonds is 0. The lowest BCUT2D eigenvalue weighted by molar-refractivity contribution is 0.277. The van der Waals surface area contributed by atoms with Gasteiger partial charge in [0.05, 0.1) is 0 Å². The topological polar surface area (TPSA) is 50.0 Å². The van der Waals surface area contributed by atoms with Gasteiger partial charge in [-0.05, 0) is 0 Å². The van der Waals surface area contributed by atoms with Crippen LogP contribution in [-0.2, 0) is 9.47 Å². The molecule has 0 aliphatic carbocycles. The highest BCUT2D eigenvalue weighted by Crippen LogP contribution is 1.28. The van der Waals surface area contributed by atoms with E-state index in [0.717, 1.165) is 0 Å². The lowest BCUT2D eigenvalue weighted by Crippen LogP contribution is -1.55. The van der Waals surface area contributed by atoms with Crippen LogP contribution in [0.25, 0.3) is 0 Å². The standard InChI is InChI=1S/2C2H6O.3CH4.H2O/c2*1-3-2;;;;/h2*1-2H3;3*1H4;1H2. The predicted octanol–water partition coefficient (Wildman–Crippen LogP) is 1.61. The third kappa shape index (κ3) is 25900. The van der Waals surface area contributed by atoms with Gasteiger partial charge in [-0.25, -0.2) is 0 Å². The smallest absolute Gasteiger partial charge is 0.0351 e. The maximum atomic E-state index is 4.25. The molecule has 0 spiro atoms. The molecule has 0 bridgehead atoms. The third-order valence-corrected chi connectivity index (χ3v) is 0. The van der Waals surface area contributed by atoms with Crippen molar-refractivity contribution < 1.29 is 14.9 Å². The summed E-state index contributed by atoms with van der Waals surface area (Å²) in [5.74, 6) is 0. The minimum atomic E-state index is 0. The fourth-order valence-electron chi connectivity index (χ4n) is 0. The molecule has 0 aromatic carbocycles. The number of methoxy groups -OCH3 is 2. The third-order valence-electron chi connectivity index (χ3n) is 0. The fraction of sp³-hybridized carbons (Fsp3) is 1.00. The molecule has 0 aromatic heterocycles. The first kappa shape index (κ1) is 51.8. The van der Waals surface area contributed by atoms with E-state index in [-0.39, 0.29) is 27.8 Å². The van der Waals surface area contributed by atoms with Crippen LogP contribution in [0.2, 0.25) is 0 Å². The molecular weight excluding hydrogens is 132 g/mol. The average molecular weight is 158 g/mol. The Morgan fingerprint density at radius 1 is 0.600 bits per heavy atom. The Kier molecular flexibility index (Phi) is 807. The Bertz CT molecular complexity index is 10.8. The number of hydrogen-bond acceptors (Lipinski definition) is 2. The van der Waals surface area contributed by atoms with E-state index < -0.39 is 0 Å². The maximum absolute atomic E-state index is 4.25. The molecule has 0 saturated carbocycles. The largest absolute Gasteiger partial charge is 0.412 e. The summed E-state index contributed by atoms with van der Waals surface area (Å²) in [7, 11) is 6.50. The maximum Gasteiger partial charge on any atom is 0.0351 e. The Hall–Kier alpha value is -0.120. The van der Waals surface area contributed by atoms with Crippen molar-refractivity contribution in [3.05, 3.63) is 0 Å². The second-order valence-corrected chi connectivity index (χ2v) is 0.816. The zero-order chi connectivity index (χ0) is 5.41. The van der Waals surface area contributed by atoms with Gasteiger partial charge in [0.25, 0.3) is 0 Å². The van der Waals surface area contributed by atoms with Crippen LogP contribution in [0, 0.1) is 0 Å². The van der Waals surface area contributed by atoms with E-state index in [9.17, 15) is 0 Å². The molecule has 0 unspecified atom stereocenters. The second-order valence-electron chi connectivity index (χ2n) is 0.816. The van der Waals surface area contributed by atoms with Crippen molar-refractivity contribution in [3.8, 4) is 0 Å². The summed E-state index contributed by atoms with van der Waals surface area (Å²) in [5.41, 5.74) is 0. The molecule has 0 aromatic rings. The second kappa shape index (κ2) is 156. The summed E-state index contributed by atoms with van der Waals surface area (Å²) in [6.07, 6.45) is 0. The van der Waals surface area contributed by atoms with Crippen molar-refractivity contribution in [1.82, 2.24) is 0 Å². The van der Waals surface area contributed by atoms with Gasteiger partial charge >= 0.3 is 0 Å². The molecule has 0 aliphatic heterocycles. The van der Waals surface area contributed by atoms with Crippen LogP contribution < -0.4 is 0 Å². The van der Waals surface area contributed by atoms with Crippen molar-refractivity contribution >= 4 is 0 Å². The molecule has 0 heterocycles. The summed E-state index contributed by atoms with van der Waals surface area (Å²) in [4.78, 5) is 0. The van der Waals surface area contributed by atoms with Gasteiger partial charge in [0.15, 0.2) is 0 Å². The summed E-state index contributed by atoms with van der Waals surface area (Å²) in [6.45, 7) is 0. The zero-order valence-corrected chi connectivity index (χ0v) is 5.32. The van der Waals surface area contributed by atoms with Gasteiger partial charge in [0.1, 0.15) is 0 Å². The molecule has 0 atom stereocenters. The summed E-state index contributed by atoms with van der Waals surface area (Å²) in [6, 6.07) is 0. The first-order chi connectivity index (χ1) is 2.83. The van der Waals surface area contributed by atoms with Crippen molar-refractivity contribution in [2.45, 2.75) is 22.3 Å². The summed E-state index contributed by atoms with van der Waals surface area (Å²) < 4.78 is 8.50. The summed E-state index contributed by atoms with van der Waals surface area (Å²) in [5, 5.41) is 0. The van der Waals surface area contributed by atoms with Gasteiger partial charge in [0, 0.05) is 28.4 Å². The number of hydrogen-bond donors (Lipinski definition) is 0. The van der Waals surface area contributed by atoms with E-state index >= 15 is 0 Å². The molecule has 0 fully saturated rings. The molecular formula is C7H26O3. The van der Waals surface area contributed by atoms with E-state index in [4.69, 9.17) is 0 Å². The van der Waals surface area contributed by atoms with Crippen LogP contribution in [0.5, 0.6) is 0 Å². The van der Waals surface area contributed by atoms with Crippen molar-refractivity contribution in [2.24, 2.45) is 0 Å². The zero-order valence-electron chi connectivity index (χ0n) is 5.32. The molecule has 10 heavy (non-hydrogen) atoms. The predicted molar refractivity (Wildman–Crippen MR) is 49.7 cm³/mol. The molecule has 0 radical (unpaired) electrons. The van der Waals surface area contributed by atoms with Gasteiger partial charge in [-0.3, -0.25) is 0 Å². The van der Waals surface area contributed by atoms with Crippen LogP contribution >= 0.6 is 0 Å². The molecule has 0 saturated heterocycles. The van der Waals surface area contributed by atoms with Crippen LogP contribution in [-0.4, -0.2) is 33.9 Å². The van der Waals surface area contributed by atoms with E-state index in [2.05, 4.69) is 9.47 Å². The van der Waals surface area contributed by atoms with E-state index in [0.29, 0.717) is 0 Å². The van der Waals surface area contributed by atoms with Gasteiger partial charge < -0.3 is 14.9 Å². The van der Waals surface area contributed by atoms with Gasteiger partial charge in [0.2, 0.25) is 0 Å². The average Bonchev–Trinajstić information content (AvgIpc) is 1.39. The Labute approximate surface area is 66.7 Å². The lowest BCUT2D eigenvalue weighted by atomic mass is 11.6. The van der Waals surface area contributed by atoms with Crippen molar-refractivity contribution in [1.29, 1.82) is 0 Å². The Morgan fingerprint density at radius 3 is 0.600 bits per heavy atom. The normalized spacial score (nSPS) is 3.60. The quantitative estimate of drug-likeness (QED) is 0.537. The van der Waals surface area contributed by atoms with Crippen molar-refractivity contribution in [3.63, 3.8) is 0 Å². The molecule has 2 N–H and O–H groups in total. The van der Waals surface area contributed by atoms with E-state index in [1.54, 1.807) is 28.4 Å². The van der Waals surface area contributed by atoms with E-state index in [1.807, 2.05) is 0 Å². The van der Waals surface area contributed by atoms with Crippen LogP contribution in [0.1, 0.15) is 22.3 Å². The molecule has 0 rings (SSSR count). The summed E-state index contributed by atoms with van der Waals surface area (Å²) >= 11 is 0. The first-order valence-electron chi connectivity index (χ1n) is 1.63. The fourth-order valence-corrected chi connectivity index (χ4v) is 0. The van der Waals surface area contributed by atoms with Gasteiger partial charge in [-0.2, -0.15) is 0 Å². The molecule has 3 nitrogen and oxygen atoms in total. The van der Waals surface area contributed by atoms with Crippen LogP contribution in [0.15, 0.2) is 0 Å². The first-order valence-corrected chi connectivity index (χ1v) is 1.63. The molecule has 3 heteroatoms. The lowest BCUT2D eigenvalue weighted by Gasteiger charge is -1.61. The SMILES string of the molecule is C.C.C.COC.COC.O. The highest BCUT2D eigenvalue weighted by molar-refractivity contribution is 3.56.